The molecule has 0 atom stereocenters. The molecule has 0 amide bonds. The summed E-state index contributed by atoms with van der Waals surface area (Å²) in [6, 6.07) is 2.18. The summed E-state index contributed by atoms with van der Waals surface area (Å²) in [6.07, 6.45) is 1.37. The Bertz CT molecular complexity index is 972. The summed E-state index contributed by atoms with van der Waals surface area (Å²) < 4.78 is 41.3. The first-order valence-corrected chi connectivity index (χ1v) is 6.46. The van der Waals surface area contributed by atoms with Crippen LogP contribution in [-0.2, 0) is 0 Å². The molecule has 2 heterocycles. The largest absolute Gasteiger partial charge is 0.269 e. The van der Waals surface area contributed by atoms with E-state index < -0.39 is 28.7 Å². The number of nitrogens with zero attached hydrogens (tertiary/aromatic N) is 3. The summed E-state index contributed by atoms with van der Waals surface area (Å²) >= 11 is 5.71. The Hall–Kier alpha value is -2.41. The van der Waals surface area contributed by atoms with Gasteiger partial charge in [0.25, 0.3) is 5.56 Å². The minimum absolute atomic E-state index is 0.00917. The van der Waals surface area contributed by atoms with Gasteiger partial charge in [-0.2, -0.15) is 4.98 Å². The molecular formula is C14H7ClF3N3O. The number of aromatic nitrogens is 3. The highest BCUT2D eigenvalue weighted by molar-refractivity contribution is 6.28. The van der Waals surface area contributed by atoms with Crippen LogP contribution < -0.4 is 5.56 Å². The molecule has 3 rings (SSSR count). The molecule has 1 aromatic carbocycles. The van der Waals surface area contributed by atoms with Crippen LogP contribution in [0.2, 0.25) is 5.28 Å². The Morgan fingerprint density at radius 3 is 2.50 bits per heavy atom. The van der Waals surface area contributed by atoms with Crippen molar-refractivity contribution in [3.05, 3.63) is 63.0 Å². The summed E-state index contributed by atoms with van der Waals surface area (Å²) in [4.78, 5) is 19.9. The molecule has 0 N–H and O–H groups in total. The number of rotatable bonds is 1. The molecule has 0 aliphatic heterocycles. The van der Waals surface area contributed by atoms with E-state index in [4.69, 9.17) is 11.6 Å². The molecule has 0 unspecified atom stereocenters. The first-order valence-electron chi connectivity index (χ1n) is 6.08. The van der Waals surface area contributed by atoms with Crippen LogP contribution in [0.15, 0.2) is 29.2 Å². The average Bonchev–Trinajstić information content (AvgIpc) is 2.43. The Balaban J connectivity index is 2.48. The lowest BCUT2D eigenvalue weighted by Gasteiger charge is -2.12. The highest BCUT2D eigenvalue weighted by Gasteiger charge is 2.17. The second-order valence-electron chi connectivity index (χ2n) is 4.60. The van der Waals surface area contributed by atoms with Crippen LogP contribution in [-0.4, -0.2) is 14.5 Å². The van der Waals surface area contributed by atoms with E-state index in [0.717, 1.165) is 4.57 Å². The summed E-state index contributed by atoms with van der Waals surface area (Å²) in [7, 11) is 0. The van der Waals surface area contributed by atoms with Gasteiger partial charge in [-0.15, -0.1) is 0 Å². The average molecular weight is 326 g/mol. The molecule has 0 aliphatic rings. The quantitative estimate of drug-likeness (QED) is 0.510. The highest BCUT2D eigenvalue weighted by Crippen LogP contribution is 2.22. The van der Waals surface area contributed by atoms with Gasteiger partial charge in [-0.25, -0.2) is 18.2 Å². The van der Waals surface area contributed by atoms with Crippen molar-refractivity contribution in [3.8, 4) is 5.69 Å². The van der Waals surface area contributed by atoms with Gasteiger partial charge in [-0.3, -0.25) is 9.36 Å². The smallest absolute Gasteiger partial charge is 0.257 e. The predicted octanol–water partition coefficient (Wildman–Crippen LogP) is 3.16. The molecule has 0 saturated heterocycles. The lowest BCUT2D eigenvalue weighted by atomic mass is 10.2. The Morgan fingerprint density at radius 2 is 1.77 bits per heavy atom. The highest BCUT2D eigenvalue weighted by atomic mass is 35.5. The molecule has 8 heteroatoms. The first kappa shape index (κ1) is 14.5. The zero-order valence-electron chi connectivity index (χ0n) is 11.1. The van der Waals surface area contributed by atoms with E-state index in [0.29, 0.717) is 23.1 Å². The molecule has 0 spiro atoms. The van der Waals surface area contributed by atoms with Crippen molar-refractivity contribution in [2.75, 3.05) is 0 Å². The fourth-order valence-electron chi connectivity index (χ4n) is 2.15. The number of aryl methyl sites for hydroxylation is 1. The SMILES string of the molecule is Cc1cc(=O)n(-c2cc(F)c(F)cc2F)c2nc(Cl)ncc12. The third kappa shape index (κ3) is 2.23. The van der Waals surface area contributed by atoms with Gasteiger partial charge in [0.05, 0.1) is 5.69 Å². The topological polar surface area (TPSA) is 47.8 Å². The second-order valence-corrected chi connectivity index (χ2v) is 4.93. The lowest BCUT2D eigenvalue weighted by Crippen LogP contribution is -2.21. The van der Waals surface area contributed by atoms with Crippen molar-refractivity contribution in [2.24, 2.45) is 0 Å². The van der Waals surface area contributed by atoms with Crippen LogP contribution in [0.4, 0.5) is 13.2 Å². The summed E-state index contributed by atoms with van der Waals surface area (Å²) in [6.45, 7) is 1.65. The number of halogens is 4. The van der Waals surface area contributed by atoms with E-state index in [1.807, 2.05) is 0 Å². The maximum Gasteiger partial charge on any atom is 0.257 e. The van der Waals surface area contributed by atoms with Gasteiger partial charge in [0, 0.05) is 29.8 Å². The zero-order chi connectivity index (χ0) is 16.0. The number of fused-ring (bicyclic) bond motifs is 1. The van der Waals surface area contributed by atoms with E-state index in [2.05, 4.69) is 9.97 Å². The minimum Gasteiger partial charge on any atom is -0.269 e. The molecule has 0 radical (unpaired) electrons. The number of hydrogen-bond donors (Lipinski definition) is 0. The van der Waals surface area contributed by atoms with Crippen LogP contribution in [0.5, 0.6) is 0 Å². The first-order chi connectivity index (χ1) is 10.4. The number of benzene rings is 1. The lowest BCUT2D eigenvalue weighted by molar-refractivity contribution is 0.493. The standard InChI is InChI=1S/C14H7ClF3N3O/c1-6-2-12(22)21(13-7(6)5-19-14(15)20-13)11-4-9(17)8(16)3-10(11)18/h2-5H,1H3. The molecule has 0 saturated carbocycles. The van der Waals surface area contributed by atoms with Gasteiger partial charge in [0.15, 0.2) is 17.3 Å². The third-order valence-corrected chi connectivity index (χ3v) is 3.35. The Labute approximate surface area is 126 Å². The van der Waals surface area contributed by atoms with Gasteiger partial charge in [0.2, 0.25) is 5.28 Å². The fourth-order valence-corrected chi connectivity index (χ4v) is 2.28. The van der Waals surface area contributed by atoms with Gasteiger partial charge in [-0.05, 0) is 24.1 Å². The molecule has 3 aromatic rings. The maximum absolute atomic E-state index is 14.0. The molecule has 4 nitrogen and oxygen atoms in total. The van der Waals surface area contributed by atoms with Crippen LogP contribution in [0.3, 0.4) is 0 Å². The van der Waals surface area contributed by atoms with E-state index in [-0.39, 0.29) is 10.9 Å². The number of hydrogen-bond acceptors (Lipinski definition) is 3. The molecule has 0 bridgehead atoms. The summed E-state index contributed by atoms with van der Waals surface area (Å²) in [5, 5.41) is 0.280. The van der Waals surface area contributed by atoms with Crippen molar-refractivity contribution in [2.45, 2.75) is 6.92 Å². The predicted molar refractivity (Wildman–Crippen MR) is 74.8 cm³/mol. The van der Waals surface area contributed by atoms with Gasteiger partial charge in [-0.1, -0.05) is 0 Å². The van der Waals surface area contributed by atoms with Crippen LogP contribution in [0.25, 0.3) is 16.7 Å². The molecule has 0 aliphatic carbocycles. The van der Waals surface area contributed by atoms with Crippen molar-refractivity contribution in [3.63, 3.8) is 0 Å². The zero-order valence-corrected chi connectivity index (χ0v) is 11.8. The van der Waals surface area contributed by atoms with Crippen LogP contribution in [0, 0.1) is 24.4 Å². The van der Waals surface area contributed by atoms with Gasteiger partial charge < -0.3 is 0 Å². The normalized spacial score (nSPS) is 11.1. The molecule has 2 aromatic heterocycles. The Kier molecular flexibility index (Phi) is 3.37. The second kappa shape index (κ2) is 5.10. The fraction of sp³-hybridized carbons (Fsp3) is 0.0714. The summed E-state index contributed by atoms with van der Waals surface area (Å²) in [5.41, 5.74) is -0.542. The molecule has 22 heavy (non-hydrogen) atoms. The monoisotopic (exact) mass is 325 g/mol. The van der Waals surface area contributed by atoms with Crippen molar-refractivity contribution < 1.29 is 13.2 Å². The van der Waals surface area contributed by atoms with E-state index in [1.165, 1.54) is 12.3 Å². The van der Waals surface area contributed by atoms with Crippen molar-refractivity contribution >= 4 is 22.6 Å². The van der Waals surface area contributed by atoms with E-state index >= 15 is 0 Å². The van der Waals surface area contributed by atoms with Gasteiger partial charge in [0.1, 0.15) is 5.82 Å². The molecule has 112 valence electrons. The van der Waals surface area contributed by atoms with Crippen molar-refractivity contribution in [1.82, 2.24) is 14.5 Å². The number of pyridine rings is 1. The van der Waals surface area contributed by atoms with Crippen molar-refractivity contribution in [1.29, 1.82) is 0 Å². The van der Waals surface area contributed by atoms with E-state index in [9.17, 15) is 18.0 Å². The minimum atomic E-state index is -1.35. The summed E-state index contributed by atoms with van der Waals surface area (Å²) in [5.74, 6) is -3.73. The van der Waals surface area contributed by atoms with Crippen LogP contribution >= 0.6 is 11.6 Å². The Morgan fingerprint density at radius 1 is 1.09 bits per heavy atom. The molecular weight excluding hydrogens is 319 g/mol. The van der Waals surface area contributed by atoms with E-state index in [1.54, 1.807) is 6.92 Å². The van der Waals surface area contributed by atoms with Crippen LogP contribution in [0.1, 0.15) is 5.56 Å². The maximum atomic E-state index is 14.0. The third-order valence-electron chi connectivity index (χ3n) is 3.17. The van der Waals surface area contributed by atoms with Gasteiger partial charge >= 0.3 is 0 Å². The molecule has 0 fully saturated rings.